The van der Waals surface area contributed by atoms with Gasteiger partial charge in [-0.25, -0.2) is 0 Å². The lowest BCUT2D eigenvalue weighted by Crippen LogP contribution is -2.37. The van der Waals surface area contributed by atoms with E-state index in [1.807, 2.05) is 25.1 Å². The van der Waals surface area contributed by atoms with Crippen LogP contribution in [0.4, 0.5) is 0 Å². The Hall–Kier alpha value is -2.59. The third-order valence-electron chi connectivity index (χ3n) is 5.68. The second-order valence-corrected chi connectivity index (χ2v) is 7.92. The fraction of sp³-hybridized carbons (Fsp3) is 0.136. The Kier molecular flexibility index (Phi) is 3.00. The van der Waals surface area contributed by atoms with Crippen LogP contribution in [0.15, 0.2) is 64.2 Å². The number of benzene rings is 2. The van der Waals surface area contributed by atoms with Crippen LogP contribution in [0.2, 0.25) is 0 Å². The van der Waals surface area contributed by atoms with Crippen LogP contribution in [0, 0.1) is 5.41 Å². The van der Waals surface area contributed by atoms with Crippen molar-refractivity contribution >= 4 is 38.9 Å². The summed E-state index contributed by atoms with van der Waals surface area (Å²) in [7, 11) is 0. The number of rotatable bonds is 0. The Balaban J connectivity index is 1.92. The van der Waals surface area contributed by atoms with E-state index in [2.05, 4.69) is 15.9 Å². The lowest BCUT2D eigenvalue weighted by Gasteiger charge is -2.31. The highest BCUT2D eigenvalue weighted by molar-refractivity contribution is 9.12. The topological polar surface area (TPSA) is 51.2 Å². The monoisotopic (exact) mass is 404 g/mol. The van der Waals surface area contributed by atoms with E-state index >= 15 is 0 Å². The van der Waals surface area contributed by atoms with Gasteiger partial charge in [-0.1, -0.05) is 48.5 Å². The van der Waals surface area contributed by atoms with Gasteiger partial charge in [0.25, 0.3) is 0 Å². The predicted octanol–water partition coefficient (Wildman–Crippen LogP) is 4.77. The summed E-state index contributed by atoms with van der Waals surface area (Å²) < 4.78 is 0.457. The lowest BCUT2D eigenvalue weighted by molar-refractivity contribution is 0.0809. The zero-order valence-corrected chi connectivity index (χ0v) is 15.5. The van der Waals surface area contributed by atoms with Crippen LogP contribution in [0.1, 0.15) is 50.0 Å². The van der Waals surface area contributed by atoms with Crippen LogP contribution in [0.25, 0.3) is 5.57 Å². The van der Waals surface area contributed by atoms with Crippen LogP contribution in [-0.4, -0.2) is 17.3 Å². The molecule has 0 spiro atoms. The van der Waals surface area contributed by atoms with Gasteiger partial charge in [-0.3, -0.25) is 14.4 Å². The summed E-state index contributed by atoms with van der Waals surface area (Å²) in [5.41, 5.74) is 3.33. The van der Waals surface area contributed by atoms with Crippen LogP contribution >= 0.6 is 15.9 Å². The molecule has 1 atom stereocenters. The number of Topliss-reactive ketones (excluding diaryl/α,β-unsaturated/α-hetero) is 3. The van der Waals surface area contributed by atoms with Crippen LogP contribution in [0.5, 0.6) is 0 Å². The SMILES string of the molecule is C[C@@]12CC3=C(Br)C(=O)c4ccccc4C3=C1C(=O)c1ccccc1C2=O. The number of carbonyl (C=O) groups excluding carboxylic acids is 3. The van der Waals surface area contributed by atoms with Crippen molar-refractivity contribution < 1.29 is 14.4 Å². The molecule has 26 heavy (non-hydrogen) atoms. The number of hydrogen-bond donors (Lipinski definition) is 0. The standard InChI is InChI=1S/C22H13BrO3/c1-22-10-15-16(11-6-2-3-7-12(11)20(25)18(15)23)17(22)19(24)13-8-4-5-9-14(13)21(22)26/h2-9H,10H2,1H3/t22-/m1/s1. The summed E-state index contributed by atoms with van der Waals surface area (Å²) in [6.45, 7) is 1.82. The maximum Gasteiger partial charge on any atom is 0.200 e. The van der Waals surface area contributed by atoms with Gasteiger partial charge in [0.05, 0.1) is 9.90 Å². The van der Waals surface area contributed by atoms with Crippen LogP contribution < -0.4 is 0 Å². The van der Waals surface area contributed by atoms with Gasteiger partial charge in [0.15, 0.2) is 11.6 Å². The number of carbonyl (C=O) groups is 3. The van der Waals surface area contributed by atoms with Crippen molar-refractivity contribution in [2.45, 2.75) is 13.3 Å². The first-order valence-corrected chi connectivity index (χ1v) is 9.21. The third-order valence-corrected chi connectivity index (χ3v) is 6.52. The maximum absolute atomic E-state index is 13.4. The first-order chi connectivity index (χ1) is 12.4. The second-order valence-electron chi connectivity index (χ2n) is 7.13. The molecule has 5 rings (SSSR count). The van der Waals surface area contributed by atoms with Crippen LogP contribution in [0.3, 0.4) is 0 Å². The molecule has 2 aromatic carbocycles. The highest BCUT2D eigenvalue weighted by Crippen LogP contribution is 2.58. The van der Waals surface area contributed by atoms with Gasteiger partial charge in [0.1, 0.15) is 0 Å². The van der Waals surface area contributed by atoms with Gasteiger partial charge >= 0.3 is 0 Å². The first kappa shape index (κ1) is 15.6. The zero-order valence-electron chi connectivity index (χ0n) is 13.9. The molecule has 3 nitrogen and oxygen atoms in total. The third kappa shape index (κ3) is 1.70. The number of halogens is 1. The Labute approximate surface area is 158 Å². The Morgan fingerprint density at radius 3 is 2.00 bits per heavy atom. The van der Waals surface area contributed by atoms with E-state index in [1.165, 1.54) is 0 Å². The molecule has 0 aromatic heterocycles. The second kappa shape index (κ2) is 4.98. The van der Waals surface area contributed by atoms with Crippen molar-refractivity contribution in [1.29, 1.82) is 0 Å². The summed E-state index contributed by atoms with van der Waals surface area (Å²) in [4.78, 5) is 39.4. The zero-order chi connectivity index (χ0) is 18.2. The van der Waals surface area contributed by atoms with E-state index in [4.69, 9.17) is 0 Å². The lowest BCUT2D eigenvalue weighted by atomic mass is 9.68. The summed E-state index contributed by atoms with van der Waals surface area (Å²) in [6.07, 6.45) is 0.358. The van der Waals surface area contributed by atoms with Crippen molar-refractivity contribution in [3.63, 3.8) is 0 Å². The first-order valence-electron chi connectivity index (χ1n) is 8.41. The normalized spacial score (nSPS) is 23.7. The highest BCUT2D eigenvalue weighted by Gasteiger charge is 2.54. The molecule has 0 heterocycles. The molecule has 0 amide bonds. The van der Waals surface area contributed by atoms with Gasteiger partial charge in [-0.2, -0.15) is 0 Å². The molecule has 4 heteroatoms. The molecular formula is C22H13BrO3. The van der Waals surface area contributed by atoms with E-state index in [0.29, 0.717) is 33.2 Å². The largest absolute Gasteiger partial charge is 0.293 e. The molecule has 0 saturated heterocycles. The number of fused-ring (bicyclic) bond motifs is 5. The van der Waals surface area contributed by atoms with E-state index < -0.39 is 5.41 Å². The van der Waals surface area contributed by atoms with Gasteiger partial charge < -0.3 is 0 Å². The minimum Gasteiger partial charge on any atom is -0.293 e. The molecule has 2 aromatic rings. The number of hydrogen-bond acceptors (Lipinski definition) is 3. The molecule has 0 N–H and O–H groups in total. The van der Waals surface area contributed by atoms with Crippen molar-refractivity contribution in [2.75, 3.05) is 0 Å². The van der Waals surface area contributed by atoms with Crippen molar-refractivity contribution in [3.8, 4) is 0 Å². The van der Waals surface area contributed by atoms with E-state index in [1.54, 1.807) is 30.3 Å². The minimum atomic E-state index is -0.938. The van der Waals surface area contributed by atoms with E-state index in [9.17, 15) is 14.4 Å². The molecule has 0 unspecified atom stereocenters. The molecule has 0 aliphatic heterocycles. The highest BCUT2D eigenvalue weighted by atomic mass is 79.9. The molecule has 0 fully saturated rings. The molecular weight excluding hydrogens is 392 g/mol. The van der Waals surface area contributed by atoms with Gasteiger partial charge in [0, 0.05) is 22.3 Å². The molecule has 0 saturated carbocycles. The summed E-state index contributed by atoms with van der Waals surface area (Å²) in [6, 6.07) is 14.3. The fourth-order valence-corrected chi connectivity index (χ4v) is 5.02. The average molecular weight is 405 g/mol. The molecule has 3 aliphatic rings. The average Bonchev–Trinajstić information content (AvgIpc) is 2.99. The van der Waals surface area contributed by atoms with Crippen molar-refractivity contribution in [1.82, 2.24) is 0 Å². The van der Waals surface area contributed by atoms with E-state index in [0.717, 1.165) is 16.7 Å². The molecule has 0 bridgehead atoms. The Morgan fingerprint density at radius 1 is 0.808 bits per heavy atom. The Morgan fingerprint density at radius 2 is 1.35 bits per heavy atom. The van der Waals surface area contributed by atoms with Gasteiger partial charge in [-0.15, -0.1) is 0 Å². The fourth-order valence-electron chi connectivity index (χ4n) is 4.47. The van der Waals surface area contributed by atoms with Crippen molar-refractivity contribution in [3.05, 3.63) is 86.4 Å². The quantitative estimate of drug-likeness (QED) is 0.634. The Bertz CT molecular complexity index is 1140. The van der Waals surface area contributed by atoms with Crippen LogP contribution in [-0.2, 0) is 0 Å². The van der Waals surface area contributed by atoms with Gasteiger partial charge in [-0.05, 0) is 46.0 Å². The summed E-state index contributed by atoms with van der Waals surface area (Å²) >= 11 is 3.44. The van der Waals surface area contributed by atoms with E-state index in [-0.39, 0.29) is 17.3 Å². The van der Waals surface area contributed by atoms with Crippen molar-refractivity contribution in [2.24, 2.45) is 5.41 Å². The molecule has 0 radical (unpaired) electrons. The number of allylic oxidation sites excluding steroid dienone is 4. The smallest absolute Gasteiger partial charge is 0.200 e. The number of ketones is 3. The predicted molar refractivity (Wildman–Crippen MR) is 101 cm³/mol. The maximum atomic E-state index is 13.4. The molecule has 3 aliphatic carbocycles. The summed E-state index contributed by atoms with van der Waals surface area (Å²) in [5, 5.41) is 0. The van der Waals surface area contributed by atoms with Gasteiger partial charge in [0.2, 0.25) is 5.78 Å². The molecule has 126 valence electrons. The minimum absolute atomic E-state index is 0.0534. The summed E-state index contributed by atoms with van der Waals surface area (Å²) in [5.74, 6) is -0.265.